The van der Waals surface area contributed by atoms with Crippen LogP contribution < -0.4 is 10.0 Å². The molecule has 11 heteroatoms. The number of benzene rings is 2. The molecule has 8 nitrogen and oxygen atoms in total. The van der Waals surface area contributed by atoms with Crippen molar-refractivity contribution in [1.82, 2.24) is 9.71 Å². The van der Waals surface area contributed by atoms with E-state index in [0.717, 1.165) is 10.6 Å². The Balaban J connectivity index is 1.46. The van der Waals surface area contributed by atoms with E-state index in [4.69, 9.17) is 0 Å². The van der Waals surface area contributed by atoms with Gasteiger partial charge in [-0.25, -0.2) is 26.5 Å². The van der Waals surface area contributed by atoms with Crippen LogP contribution in [0.1, 0.15) is 16.8 Å². The summed E-state index contributed by atoms with van der Waals surface area (Å²) in [7, 11) is -7.17. The van der Waals surface area contributed by atoms with Crippen molar-refractivity contribution in [3.63, 3.8) is 0 Å². The van der Waals surface area contributed by atoms with Gasteiger partial charge in [0.1, 0.15) is 5.01 Å². The van der Waals surface area contributed by atoms with E-state index in [-0.39, 0.29) is 28.4 Å². The molecule has 1 amide bonds. The highest BCUT2D eigenvalue weighted by Gasteiger charge is 2.31. The third kappa shape index (κ3) is 5.18. The van der Waals surface area contributed by atoms with Crippen LogP contribution in [0.3, 0.4) is 0 Å². The summed E-state index contributed by atoms with van der Waals surface area (Å²) in [4.78, 5) is 16.8. The maximum absolute atomic E-state index is 12.6. The molecule has 162 valence electrons. The Hall–Kier alpha value is -2.60. The van der Waals surface area contributed by atoms with E-state index in [1.807, 2.05) is 17.5 Å². The van der Waals surface area contributed by atoms with Gasteiger partial charge in [-0.3, -0.25) is 4.79 Å². The Morgan fingerprint density at radius 2 is 1.90 bits per heavy atom. The molecule has 2 heterocycles. The van der Waals surface area contributed by atoms with Crippen LogP contribution in [0, 0.1) is 0 Å². The molecule has 1 fully saturated rings. The van der Waals surface area contributed by atoms with E-state index >= 15 is 0 Å². The SMILES string of the molecule is O=C(Nc1ccc(-c2nccs2)cc1)c1cccc(S(=O)(=O)NC2CCS(=O)(=O)C2)c1. The van der Waals surface area contributed by atoms with Gasteiger partial charge in [-0.15, -0.1) is 11.3 Å². The lowest BCUT2D eigenvalue weighted by atomic mass is 10.2. The number of hydrogen-bond acceptors (Lipinski definition) is 7. The number of thiazole rings is 1. The Labute approximate surface area is 184 Å². The number of aromatic nitrogens is 1. The first-order chi connectivity index (χ1) is 14.7. The number of amides is 1. The van der Waals surface area contributed by atoms with Crippen LogP contribution in [0.5, 0.6) is 0 Å². The quantitative estimate of drug-likeness (QED) is 0.563. The topological polar surface area (TPSA) is 122 Å². The molecule has 2 aromatic carbocycles. The Bertz CT molecular complexity index is 1300. The molecule has 0 bridgehead atoms. The second-order valence-electron chi connectivity index (χ2n) is 7.12. The molecule has 0 aliphatic carbocycles. The van der Waals surface area contributed by atoms with E-state index < -0.39 is 31.8 Å². The number of anilines is 1. The molecule has 0 radical (unpaired) electrons. The molecule has 0 saturated carbocycles. The van der Waals surface area contributed by atoms with Crippen molar-refractivity contribution in [3.05, 3.63) is 65.7 Å². The Morgan fingerprint density at radius 3 is 2.55 bits per heavy atom. The second-order valence-corrected chi connectivity index (χ2v) is 12.0. The third-order valence-electron chi connectivity index (χ3n) is 4.78. The summed E-state index contributed by atoms with van der Waals surface area (Å²) in [5.74, 6) is -0.713. The lowest BCUT2D eigenvalue weighted by Gasteiger charge is -2.12. The highest BCUT2D eigenvalue weighted by molar-refractivity contribution is 7.92. The average molecular weight is 478 g/mol. The lowest BCUT2D eigenvalue weighted by Crippen LogP contribution is -2.35. The summed E-state index contributed by atoms with van der Waals surface area (Å²) in [5, 5.41) is 5.50. The van der Waals surface area contributed by atoms with Crippen molar-refractivity contribution in [2.75, 3.05) is 16.8 Å². The number of hydrogen-bond donors (Lipinski definition) is 2. The molecular formula is C20H19N3O5S3. The summed E-state index contributed by atoms with van der Waals surface area (Å²) in [6.07, 6.45) is 1.95. The highest BCUT2D eigenvalue weighted by Crippen LogP contribution is 2.24. The third-order valence-corrected chi connectivity index (χ3v) is 8.89. The van der Waals surface area contributed by atoms with E-state index in [1.165, 1.54) is 35.6 Å². The highest BCUT2D eigenvalue weighted by atomic mass is 32.2. The zero-order valence-electron chi connectivity index (χ0n) is 16.2. The zero-order valence-corrected chi connectivity index (χ0v) is 18.6. The van der Waals surface area contributed by atoms with Crippen molar-refractivity contribution in [2.24, 2.45) is 0 Å². The maximum atomic E-state index is 12.6. The Kier molecular flexibility index (Phi) is 5.93. The summed E-state index contributed by atoms with van der Waals surface area (Å²) in [5.41, 5.74) is 1.67. The first kappa shape index (κ1) is 21.6. The lowest BCUT2D eigenvalue weighted by molar-refractivity contribution is 0.102. The van der Waals surface area contributed by atoms with E-state index in [2.05, 4.69) is 15.0 Å². The summed E-state index contributed by atoms with van der Waals surface area (Å²) >= 11 is 1.51. The molecule has 1 aromatic heterocycles. The van der Waals surface area contributed by atoms with Gasteiger partial charge in [0.2, 0.25) is 10.0 Å². The molecule has 2 N–H and O–H groups in total. The predicted molar refractivity (Wildman–Crippen MR) is 119 cm³/mol. The van der Waals surface area contributed by atoms with Crippen molar-refractivity contribution >= 4 is 42.8 Å². The molecule has 1 atom stereocenters. The first-order valence-corrected chi connectivity index (χ1v) is 13.5. The number of rotatable bonds is 6. The van der Waals surface area contributed by atoms with Crippen LogP contribution in [0.15, 0.2) is 65.0 Å². The van der Waals surface area contributed by atoms with Gasteiger partial charge in [0.05, 0.1) is 16.4 Å². The fourth-order valence-corrected chi connectivity index (χ4v) is 6.98. The van der Waals surface area contributed by atoms with Crippen LogP contribution in [0.4, 0.5) is 5.69 Å². The van der Waals surface area contributed by atoms with Gasteiger partial charge in [0.15, 0.2) is 9.84 Å². The van der Waals surface area contributed by atoms with Crippen LogP contribution in [0.25, 0.3) is 10.6 Å². The summed E-state index contributed by atoms with van der Waals surface area (Å²) in [6.45, 7) is 0. The largest absolute Gasteiger partial charge is 0.322 e. The summed E-state index contributed by atoms with van der Waals surface area (Å²) < 4.78 is 50.9. The van der Waals surface area contributed by atoms with E-state index in [9.17, 15) is 21.6 Å². The fraction of sp³-hybridized carbons (Fsp3) is 0.200. The minimum Gasteiger partial charge on any atom is -0.322 e. The number of carbonyl (C=O) groups excluding carboxylic acids is 1. The van der Waals surface area contributed by atoms with Gasteiger partial charge in [-0.05, 0) is 48.9 Å². The zero-order chi connectivity index (χ0) is 22.1. The molecule has 3 aromatic rings. The van der Waals surface area contributed by atoms with Gasteiger partial charge < -0.3 is 5.32 Å². The van der Waals surface area contributed by atoms with Crippen LogP contribution >= 0.6 is 11.3 Å². The molecular weight excluding hydrogens is 458 g/mol. The van der Waals surface area contributed by atoms with Crippen molar-refractivity contribution in [1.29, 1.82) is 0 Å². The predicted octanol–water partition coefficient (Wildman–Crippen LogP) is 2.53. The fourth-order valence-electron chi connectivity index (χ4n) is 3.25. The number of sulfonamides is 1. The monoisotopic (exact) mass is 477 g/mol. The Morgan fingerprint density at radius 1 is 1.13 bits per heavy atom. The molecule has 0 spiro atoms. The minimum atomic E-state index is -3.95. The van der Waals surface area contributed by atoms with Gasteiger partial charge in [-0.1, -0.05) is 6.07 Å². The van der Waals surface area contributed by atoms with Gasteiger partial charge in [0, 0.05) is 34.4 Å². The van der Waals surface area contributed by atoms with Crippen LogP contribution in [0.2, 0.25) is 0 Å². The number of carbonyl (C=O) groups is 1. The first-order valence-electron chi connectivity index (χ1n) is 9.36. The number of nitrogens with zero attached hydrogens (tertiary/aromatic N) is 1. The van der Waals surface area contributed by atoms with Gasteiger partial charge in [0.25, 0.3) is 5.91 Å². The number of sulfone groups is 1. The van der Waals surface area contributed by atoms with Crippen LogP contribution in [-0.2, 0) is 19.9 Å². The molecule has 1 unspecified atom stereocenters. The minimum absolute atomic E-state index is 0.0377. The molecule has 31 heavy (non-hydrogen) atoms. The second kappa shape index (κ2) is 8.50. The van der Waals surface area contributed by atoms with Crippen molar-refractivity contribution in [3.8, 4) is 10.6 Å². The van der Waals surface area contributed by atoms with Crippen molar-refractivity contribution < 1.29 is 21.6 Å². The van der Waals surface area contributed by atoms with Gasteiger partial charge >= 0.3 is 0 Å². The molecule has 4 rings (SSSR count). The number of nitrogens with one attached hydrogen (secondary N) is 2. The maximum Gasteiger partial charge on any atom is 0.255 e. The normalized spacial score (nSPS) is 18.0. The smallest absolute Gasteiger partial charge is 0.255 e. The molecule has 1 aliphatic rings. The standard InChI is InChI=1S/C20H19N3O5S3/c24-19(22-16-6-4-14(5-7-16)20-21-9-10-29-20)15-2-1-3-18(12-15)31(27,28)23-17-8-11-30(25,26)13-17/h1-7,9-10,12,17,23H,8,11,13H2,(H,22,24). The van der Waals surface area contributed by atoms with E-state index in [1.54, 1.807) is 18.3 Å². The van der Waals surface area contributed by atoms with Crippen molar-refractivity contribution in [2.45, 2.75) is 17.4 Å². The average Bonchev–Trinajstić information content (AvgIpc) is 3.38. The molecule has 1 aliphatic heterocycles. The molecule has 1 saturated heterocycles. The van der Waals surface area contributed by atoms with E-state index in [0.29, 0.717) is 5.69 Å². The van der Waals surface area contributed by atoms with Crippen LogP contribution in [-0.4, -0.2) is 45.3 Å². The summed E-state index contributed by atoms with van der Waals surface area (Å²) in [6, 6.07) is 12.1. The van der Waals surface area contributed by atoms with Gasteiger partial charge in [-0.2, -0.15) is 0 Å².